The Bertz CT molecular complexity index is 1780. The highest BCUT2D eigenvalue weighted by Gasteiger charge is 2.36. The summed E-state index contributed by atoms with van der Waals surface area (Å²) >= 11 is 0. The van der Waals surface area contributed by atoms with E-state index in [9.17, 15) is 9.59 Å². The zero-order chi connectivity index (χ0) is 27.8. The lowest BCUT2D eigenvalue weighted by molar-refractivity contribution is -0.122. The third-order valence-electron chi connectivity index (χ3n) is 7.23. The van der Waals surface area contributed by atoms with Crippen LogP contribution in [-0.2, 0) is 22.7 Å². The molecule has 0 radical (unpaired) electrons. The van der Waals surface area contributed by atoms with Crippen molar-refractivity contribution in [3.8, 4) is 5.75 Å². The van der Waals surface area contributed by atoms with Crippen molar-refractivity contribution in [2.45, 2.75) is 19.5 Å². The van der Waals surface area contributed by atoms with Crippen molar-refractivity contribution in [1.82, 2.24) is 29.5 Å². The van der Waals surface area contributed by atoms with E-state index in [-0.39, 0.29) is 5.57 Å². The van der Waals surface area contributed by atoms with Gasteiger partial charge in [-0.1, -0.05) is 24.3 Å². The lowest BCUT2D eigenvalue weighted by Gasteiger charge is -2.09. The van der Waals surface area contributed by atoms with Crippen LogP contribution in [0.1, 0.15) is 23.2 Å². The average Bonchev–Trinajstić information content (AvgIpc) is 3.59. The highest BCUT2D eigenvalue weighted by molar-refractivity contribution is 6.50. The van der Waals surface area contributed by atoms with Gasteiger partial charge in [-0.15, -0.1) is 0 Å². The van der Waals surface area contributed by atoms with Crippen molar-refractivity contribution in [3.05, 3.63) is 90.0 Å². The molecule has 5 aromatic rings. The molecule has 202 valence electrons. The topological polar surface area (TPSA) is 94.3 Å². The lowest BCUT2D eigenvalue weighted by atomic mass is 9.97. The predicted molar refractivity (Wildman–Crippen MR) is 155 cm³/mol. The van der Waals surface area contributed by atoms with E-state index in [1.807, 2.05) is 85.8 Å². The number of methoxy groups -OCH3 is 1. The summed E-state index contributed by atoms with van der Waals surface area (Å²) in [6.45, 7) is 2.16. The van der Waals surface area contributed by atoms with Crippen molar-refractivity contribution in [1.29, 1.82) is 0 Å². The maximum Gasteiger partial charge on any atom is 0.261 e. The van der Waals surface area contributed by atoms with Gasteiger partial charge in [0, 0.05) is 53.5 Å². The second-order valence-electron chi connectivity index (χ2n) is 10.2. The summed E-state index contributed by atoms with van der Waals surface area (Å²) in [7, 11) is 5.69. The minimum atomic E-state index is -0.445. The third-order valence-corrected chi connectivity index (χ3v) is 7.23. The molecule has 0 unspecified atom stereocenters. The molecular formula is C31H30N6O3. The van der Waals surface area contributed by atoms with Crippen molar-refractivity contribution < 1.29 is 14.3 Å². The molecule has 1 N–H and O–H groups in total. The van der Waals surface area contributed by atoms with Crippen molar-refractivity contribution in [3.63, 3.8) is 0 Å². The molecule has 3 aromatic heterocycles. The lowest BCUT2D eigenvalue weighted by Crippen LogP contribution is -2.22. The van der Waals surface area contributed by atoms with Crippen molar-refractivity contribution in [2.24, 2.45) is 0 Å². The van der Waals surface area contributed by atoms with Crippen LogP contribution < -0.4 is 10.1 Å². The van der Waals surface area contributed by atoms with Crippen LogP contribution in [0.25, 0.3) is 33.0 Å². The predicted octanol–water partition coefficient (Wildman–Crippen LogP) is 3.96. The van der Waals surface area contributed by atoms with Crippen molar-refractivity contribution >= 4 is 44.8 Å². The van der Waals surface area contributed by atoms with E-state index >= 15 is 0 Å². The number of hydrogen-bond donors (Lipinski definition) is 1. The van der Waals surface area contributed by atoms with E-state index in [0.717, 1.165) is 40.3 Å². The standard InChI is InChI=1S/C31H30N6O3/c1-35(2)14-7-15-37-26-10-5-4-9-22(26)29(34-37)28-27(30(38)33-31(28)39)24-19-36(18-20-8-6-13-32-17-20)25-12-11-21(40-3)16-23(24)25/h4-6,8-13,16-17,19H,7,14-15,18H2,1-3H3,(H,33,38,39). The zero-order valence-corrected chi connectivity index (χ0v) is 22.7. The molecule has 0 saturated heterocycles. The van der Waals surface area contributed by atoms with Gasteiger partial charge in [-0.2, -0.15) is 5.10 Å². The normalized spacial score (nSPS) is 13.7. The molecule has 0 atom stereocenters. The SMILES string of the molecule is COc1ccc2c(c1)c(C1=C(c3nn(CCCN(C)C)c4ccccc34)C(=O)NC1=O)cn2Cc1cccnc1. The van der Waals surface area contributed by atoms with E-state index in [4.69, 9.17) is 9.84 Å². The molecule has 9 nitrogen and oxygen atoms in total. The fourth-order valence-corrected chi connectivity index (χ4v) is 5.38. The Morgan fingerprint density at radius 1 is 0.950 bits per heavy atom. The zero-order valence-electron chi connectivity index (χ0n) is 22.7. The first-order valence-corrected chi connectivity index (χ1v) is 13.2. The van der Waals surface area contributed by atoms with Gasteiger partial charge < -0.3 is 14.2 Å². The number of carbonyl (C=O) groups is 2. The number of nitrogens with zero attached hydrogens (tertiary/aromatic N) is 5. The molecule has 0 bridgehead atoms. The number of benzene rings is 2. The van der Waals surface area contributed by atoms with Crippen LogP contribution in [0.2, 0.25) is 0 Å². The Balaban J connectivity index is 1.55. The molecule has 2 aromatic carbocycles. The van der Waals surface area contributed by atoms with E-state index in [1.54, 1.807) is 13.3 Å². The van der Waals surface area contributed by atoms with Crippen molar-refractivity contribution in [2.75, 3.05) is 27.7 Å². The quantitative estimate of drug-likeness (QED) is 0.288. The summed E-state index contributed by atoms with van der Waals surface area (Å²) in [5, 5.41) is 9.09. The van der Waals surface area contributed by atoms with Gasteiger partial charge in [-0.3, -0.25) is 24.6 Å². The smallest absolute Gasteiger partial charge is 0.261 e. The minimum Gasteiger partial charge on any atom is -0.497 e. The number of para-hydroxylation sites is 1. The number of aromatic nitrogens is 4. The summed E-state index contributed by atoms with van der Waals surface area (Å²) in [4.78, 5) is 33.2. The van der Waals surface area contributed by atoms with Crippen LogP contribution in [0, 0.1) is 0 Å². The third kappa shape index (κ3) is 4.54. The van der Waals surface area contributed by atoms with Gasteiger partial charge >= 0.3 is 0 Å². The Morgan fingerprint density at radius 3 is 2.55 bits per heavy atom. The van der Waals surface area contributed by atoms with E-state index in [1.165, 1.54) is 0 Å². The summed E-state index contributed by atoms with van der Waals surface area (Å²) in [5.41, 5.74) is 4.63. The molecule has 40 heavy (non-hydrogen) atoms. The molecule has 4 heterocycles. The summed E-state index contributed by atoms with van der Waals surface area (Å²) < 4.78 is 9.52. The molecule has 6 rings (SSSR count). The number of aryl methyl sites for hydroxylation is 1. The number of carbonyl (C=O) groups excluding carboxylic acids is 2. The highest BCUT2D eigenvalue weighted by atomic mass is 16.5. The number of nitrogens with one attached hydrogen (secondary N) is 1. The van der Waals surface area contributed by atoms with Gasteiger partial charge in [0.05, 0.1) is 23.8 Å². The summed E-state index contributed by atoms with van der Waals surface area (Å²) in [6, 6.07) is 17.5. The first-order chi connectivity index (χ1) is 19.4. The first kappa shape index (κ1) is 25.5. The van der Waals surface area contributed by atoms with E-state index < -0.39 is 11.8 Å². The highest BCUT2D eigenvalue weighted by Crippen LogP contribution is 2.39. The Morgan fingerprint density at radius 2 is 1.77 bits per heavy atom. The molecule has 9 heteroatoms. The van der Waals surface area contributed by atoms with Crippen LogP contribution in [0.15, 0.2) is 73.2 Å². The largest absolute Gasteiger partial charge is 0.497 e. The molecule has 1 aliphatic heterocycles. The van der Waals surface area contributed by atoms with Gasteiger partial charge in [0.2, 0.25) is 0 Å². The van der Waals surface area contributed by atoms with Crippen LogP contribution >= 0.6 is 0 Å². The Kier molecular flexibility index (Phi) is 6.65. The number of rotatable bonds is 9. The molecule has 1 aliphatic rings. The van der Waals surface area contributed by atoms with Gasteiger partial charge in [0.1, 0.15) is 11.4 Å². The maximum atomic E-state index is 13.4. The molecule has 0 aliphatic carbocycles. The molecular weight excluding hydrogens is 504 g/mol. The van der Waals surface area contributed by atoms with Gasteiger partial charge in [0.15, 0.2) is 0 Å². The number of imide groups is 1. The van der Waals surface area contributed by atoms with Crippen LogP contribution in [0.3, 0.4) is 0 Å². The van der Waals surface area contributed by atoms with Gasteiger partial charge in [0.25, 0.3) is 11.8 Å². The van der Waals surface area contributed by atoms with Crippen LogP contribution in [0.4, 0.5) is 0 Å². The first-order valence-electron chi connectivity index (χ1n) is 13.2. The summed E-state index contributed by atoms with van der Waals surface area (Å²) in [6.07, 6.45) is 6.39. The van der Waals surface area contributed by atoms with E-state index in [0.29, 0.717) is 35.7 Å². The van der Waals surface area contributed by atoms with Crippen LogP contribution in [0.5, 0.6) is 5.75 Å². The number of fused-ring (bicyclic) bond motifs is 2. The number of ether oxygens (including phenoxy) is 1. The monoisotopic (exact) mass is 534 g/mol. The minimum absolute atomic E-state index is 0.288. The van der Waals surface area contributed by atoms with Crippen LogP contribution in [-0.4, -0.2) is 63.8 Å². The number of hydrogen-bond acceptors (Lipinski definition) is 6. The number of amides is 2. The van der Waals surface area contributed by atoms with Gasteiger partial charge in [-0.25, -0.2) is 0 Å². The average molecular weight is 535 g/mol. The van der Waals surface area contributed by atoms with E-state index in [2.05, 4.69) is 19.8 Å². The fraction of sp³-hybridized carbons (Fsp3) is 0.226. The Labute approximate surface area is 231 Å². The second-order valence-corrected chi connectivity index (χ2v) is 10.2. The molecule has 0 saturated carbocycles. The number of pyridine rings is 1. The molecule has 0 fully saturated rings. The fourth-order valence-electron chi connectivity index (χ4n) is 5.38. The second kappa shape index (κ2) is 10.4. The molecule has 2 amide bonds. The maximum absolute atomic E-state index is 13.4. The Hall–Kier alpha value is -4.76. The summed E-state index contributed by atoms with van der Waals surface area (Å²) in [5.74, 6) is -0.218. The molecule has 0 spiro atoms. The van der Waals surface area contributed by atoms with Gasteiger partial charge in [-0.05, 0) is 63.0 Å².